The standard InChI is InChI=1S/C15H17N3O4/c1-9-10(6-5-7-12(9)21-3)14(19)17-11-8-16-18(2)13(11)15(20)22-4/h5-8H,1-4H3,(H,17,19). The molecule has 1 aromatic carbocycles. The van der Waals surface area contributed by atoms with Crippen molar-refractivity contribution in [1.82, 2.24) is 9.78 Å². The molecule has 1 N–H and O–H groups in total. The second-order valence-corrected chi connectivity index (χ2v) is 4.61. The minimum atomic E-state index is -0.572. The van der Waals surface area contributed by atoms with Crippen LogP contribution in [0.25, 0.3) is 0 Å². The summed E-state index contributed by atoms with van der Waals surface area (Å²) >= 11 is 0. The number of esters is 1. The molecule has 116 valence electrons. The maximum Gasteiger partial charge on any atom is 0.358 e. The molecule has 0 bridgehead atoms. The van der Waals surface area contributed by atoms with Gasteiger partial charge in [-0.25, -0.2) is 4.79 Å². The van der Waals surface area contributed by atoms with Crippen LogP contribution in [0.5, 0.6) is 5.75 Å². The Morgan fingerprint density at radius 1 is 1.27 bits per heavy atom. The van der Waals surface area contributed by atoms with E-state index in [0.29, 0.717) is 22.6 Å². The fraction of sp³-hybridized carbons (Fsp3) is 0.267. The van der Waals surface area contributed by atoms with Crippen molar-refractivity contribution in [2.24, 2.45) is 7.05 Å². The Kier molecular flexibility index (Phi) is 4.45. The van der Waals surface area contributed by atoms with Gasteiger partial charge in [-0.1, -0.05) is 6.07 Å². The molecule has 0 aliphatic heterocycles. The number of carbonyl (C=O) groups is 2. The van der Waals surface area contributed by atoms with Crippen LogP contribution in [0.15, 0.2) is 24.4 Å². The molecule has 0 radical (unpaired) electrons. The third kappa shape index (κ3) is 2.78. The quantitative estimate of drug-likeness (QED) is 0.871. The third-order valence-electron chi connectivity index (χ3n) is 3.31. The zero-order chi connectivity index (χ0) is 16.3. The van der Waals surface area contributed by atoms with E-state index in [9.17, 15) is 9.59 Å². The van der Waals surface area contributed by atoms with Crippen molar-refractivity contribution in [2.75, 3.05) is 19.5 Å². The molecule has 0 fully saturated rings. The molecule has 7 heteroatoms. The Hall–Kier alpha value is -2.83. The van der Waals surface area contributed by atoms with Crippen LogP contribution >= 0.6 is 0 Å². The van der Waals surface area contributed by atoms with Gasteiger partial charge >= 0.3 is 5.97 Å². The summed E-state index contributed by atoms with van der Waals surface area (Å²) in [5, 5.41) is 6.64. The van der Waals surface area contributed by atoms with Gasteiger partial charge in [0.2, 0.25) is 0 Å². The van der Waals surface area contributed by atoms with Gasteiger partial charge in [0.25, 0.3) is 5.91 Å². The molecule has 22 heavy (non-hydrogen) atoms. The van der Waals surface area contributed by atoms with E-state index in [2.05, 4.69) is 10.4 Å². The van der Waals surface area contributed by atoms with Crippen molar-refractivity contribution in [3.63, 3.8) is 0 Å². The maximum absolute atomic E-state index is 12.4. The Labute approximate surface area is 127 Å². The minimum Gasteiger partial charge on any atom is -0.496 e. The fourth-order valence-corrected chi connectivity index (χ4v) is 2.14. The van der Waals surface area contributed by atoms with Gasteiger partial charge in [0.05, 0.1) is 26.1 Å². The smallest absolute Gasteiger partial charge is 0.358 e. The number of methoxy groups -OCH3 is 2. The van der Waals surface area contributed by atoms with E-state index in [1.165, 1.54) is 18.0 Å². The molecular weight excluding hydrogens is 286 g/mol. The van der Waals surface area contributed by atoms with E-state index >= 15 is 0 Å². The first kappa shape index (κ1) is 15.6. The molecule has 1 amide bonds. The summed E-state index contributed by atoms with van der Waals surface area (Å²) < 4.78 is 11.2. The number of ether oxygens (including phenoxy) is 2. The zero-order valence-electron chi connectivity index (χ0n) is 12.8. The van der Waals surface area contributed by atoms with E-state index in [1.54, 1.807) is 39.3 Å². The lowest BCUT2D eigenvalue weighted by atomic mass is 10.1. The Balaban J connectivity index is 2.33. The molecule has 2 aromatic rings. The lowest BCUT2D eigenvalue weighted by Crippen LogP contribution is -2.17. The molecule has 2 rings (SSSR count). The second-order valence-electron chi connectivity index (χ2n) is 4.61. The van der Waals surface area contributed by atoms with Crippen LogP contribution in [-0.4, -0.2) is 35.9 Å². The first-order valence-electron chi connectivity index (χ1n) is 6.54. The van der Waals surface area contributed by atoms with Crippen LogP contribution in [0.1, 0.15) is 26.4 Å². The summed E-state index contributed by atoms with van der Waals surface area (Å²) in [7, 11) is 4.41. The topological polar surface area (TPSA) is 82.4 Å². The number of nitrogens with one attached hydrogen (secondary N) is 1. The maximum atomic E-state index is 12.4. The summed E-state index contributed by atoms with van der Waals surface area (Å²) in [6.07, 6.45) is 1.40. The first-order chi connectivity index (χ1) is 10.5. The number of amides is 1. The summed E-state index contributed by atoms with van der Waals surface area (Å²) in [5.74, 6) is -0.306. The van der Waals surface area contributed by atoms with E-state index in [0.717, 1.165) is 0 Å². The van der Waals surface area contributed by atoms with E-state index in [1.807, 2.05) is 0 Å². The monoisotopic (exact) mass is 303 g/mol. The van der Waals surface area contributed by atoms with Gasteiger partial charge in [0.15, 0.2) is 5.69 Å². The summed E-state index contributed by atoms with van der Waals surface area (Å²) in [5.41, 5.74) is 1.64. The van der Waals surface area contributed by atoms with Crippen molar-refractivity contribution in [3.05, 3.63) is 41.2 Å². The molecule has 0 saturated heterocycles. The van der Waals surface area contributed by atoms with Gasteiger partial charge in [0.1, 0.15) is 5.75 Å². The van der Waals surface area contributed by atoms with Crippen LogP contribution in [0.4, 0.5) is 5.69 Å². The third-order valence-corrected chi connectivity index (χ3v) is 3.31. The van der Waals surface area contributed by atoms with Gasteiger partial charge in [-0.3, -0.25) is 9.48 Å². The summed E-state index contributed by atoms with van der Waals surface area (Å²) in [6.45, 7) is 1.79. The number of benzene rings is 1. The minimum absolute atomic E-state index is 0.177. The van der Waals surface area contributed by atoms with Gasteiger partial charge in [-0.2, -0.15) is 5.10 Å². The summed E-state index contributed by atoms with van der Waals surface area (Å²) in [6, 6.07) is 5.18. The average molecular weight is 303 g/mol. The number of carbonyl (C=O) groups excluding carboxylic acids is 2. The summed E-state index contributed by atoms with van der Waals surface area (Å²) in [4.78, 5) is 24.2. The molecule has 0 spiro atoms. The average Bonchev–Trinajstić information content (AvgIpc) is 2.87. The van der Waals surface area contributed by atoms with Gasteiger partial charge in [-0.15, -0.1) is 0 Å². The highest BCUT2D eigenvalue weighted by atomic mass is 16.5. The van der Waals surface area contributed by atoms with E-state index < -0.39 is 5.97 Å². The van der Waals surface area contributed by atoms with E-state index in [-0.39, 0.29) is 11.6 Å². The van der Waals surface area contributed by atoms with Crippen molar-refractivity contribution in [2.45, 2.75) is 6.92 Å². The van der Waals surface area contributed by atoms with Crippen molar-refractivity contribution >= 4 is 17.6 Å². The number of nitrogens with zero attached hydrogens (tertiary/aromatic N) is 2. The second kappa shape index (κ2) is 6.30. The predicted octanol–water partition coefficient (Wildman–Crippen LogP) is 1.78. The molecular formula is C15H17N3O4. The number of rotatable bonds is 4. The predicted molar refractivity (Wildman–Crippen MR) is 80.2 cm³/mol. The molecule has 0 saturated carbocycles. The SMILES string of the molecule is COC(=O)c1c(NC(=O)c2cccc(OC)c2C)cnn1C. The number of aryl methyl sites for hydroxylation is 1. The molecule has 1 heterocycles. The fourth-order valence-electron chi connectivity index (χ4n) is 2.14. The molecule has 7 nitrogen and oxygen atoms in total. The van der Waals surface area contributed by atoms with Crippen molar-refractivity contribution in [3.8, 4) is 5.75 Å². The van der Waals surface area contributed by atoms with Crippen LogP contribution in [-0.2, 0) is 11.8 Å². The largest absolute Gasteiger partial charge is 0.496 e. The molecule has 0 aliphatic carbocycles. The first-order valence-corrected chi connectivity index (χ1v) is 6.54. The Bertz CT molecular complexity index is 722. The van der Waals surface area contributed by atoms with Gasteiger partial charge in [0, 0.05) is 18.2 Å². The van der Waals surface area contributed by atoms with Crippen molar-refractivity contribution < 1.29 is 19.1 Å². The highest BCUT2D eigenvalue weighted by Crippen LogP contribution is 2.23. The highest BCUT2D eigenvalue weighted by molar-refractivity contribution is 6.08. The van der Waals surface area contributed by atoms with Crippen LogP contribution < -0.4 is 10.1 Å². The van der Waals surface area contributed by atoms with Crippen LogP contribution in [0.2, 0.25) is 0 Å². The zero-order valence-corrected chi connectivity index (χ0v) is 12.8. The normalized spacial score (nSPS) is 10.2. The van der Waals surface area contributed by atoms with Crippen molar-refractivity contribution in [1.29, 1.82) is 0 Å². The molecule has 0 atom stereocenters. The lowest BCUT2D eigenvalue weighted by molar-refractivity contribution is 0.0589. The molecule has 1 aromatic heterocycles. The Morgan fingerprint density at radius 3 is 2.64 bits per heavy atom. The number of hydrogen-bond donors (Lipinski definition) is 1. The molecule has 0 aliphatic rings. The van der Waals surface area contributed by atoms with E-state index in [4.69, 9.17) is 9.47 Å². The highest BCUT2D eigenvalue weighted by Gasteiger charge is 2.20. The van der Waals surface area contributed by atoms with Crippen LogP contribution in [0, 0.1) is 6.92 Å². The number of anilines is 1. The number of hydrogen-bond acceptors (Lipinski definition) is 5. The van der Waals surface area contributed by atoms with Gasteiger partial charge < -0.3 is 14.8 Å². The molecule has 0 unspecified atom stereocenters. The lowest BCUT2D eigenvalue weighted by Gasteiger charge is -2.10. The Morgan fingerprint density at radius 2 is 2.00 bits per heavy atom. The van der Waals surface area contributed by atoms with Gasteiger partial charge in [-0.05, 0) is 19.1 Å². The number of aromatic nitrogens is 2. The van der Waals surface area contributed by atoms with Crippen LogP contribution in [0.3, 0.4) is 0 Å².